The lowest BCUT2D eigenvalue weighted by Crippen LogP contribution is -2.48. The number of aromatic nitrogens is 7. The molecule has 2 aromatic carbocycles. The van der Waals surface area contributed by atoms with E-state index in [1.807, 2.05) is 63.5 Å². The van der Waals surface area contributed by atoms with Crippen LogP contribution in [-0.4, -0.2) is 93.6 Å². The molecule has 65 heavy (non-hydrogen) atoms. The van der Waals surface area contributed by atoms with E-state index in [2.05, 4.69) is 41.2 Å². The van der Waals surface area contributed by atoms with Crippen molar-refractivity contribution in [3.05, 3.63) is 107 Å². The Kier molecular flexibility index (Phi) is 11.1. The number of fused-ring (bicyclic) bond motifs is 1. The lowest BCUT2D eigenvalue weighted by Gasteiger charge is -2.29. The summed E-state index contributed by atoms with van der Waals surface area (Å²) in [5.74, 6) is -1.62. The van der Waals surface area contributed by atoms with E-state index in [4.69, 9.17) is 14.5 Å². The van der Waals surface area contributed by atoms with Gasteiger partial charge >= 0.3 is 0 Å². The first-order valence-corrected chi connectivity index (χ1v) is 23.0. The second-order valence-corrected chi connectivity index (χ2v) is 18.7. The van der Waals surface area contributed by atoms with Crippen molar-refractivity contribution in [2.45, 2.75) is 89.4 Å². The molecule has 334 valence electrons. The van der Waals surface area contributed by atoms with Crippen LogP contribution in [0.5, 0.6) is 5.75 Å². The van der Waals surface area contributed by atoms with Gasteiger partial charge in [-0.25, -0.2) is 19.3 Å². The van der Waals surface area contributed by atoms with Crippen LogP contribution in [0.1, 0.15) is 93.1 Å². The zero-order valence-corrected chi connectivity index (χ0v) is 37.2. The predicted molar refractivity (Wildman–Crippen MR) is 243 cm³/mol. The Labute approximate surface area is 378 Å². The van der Waals surface area contributed by atoms with Gasteiger partial charge in [-0.1, -0.05) is 49.3 Å². The number of aryl methyl sites for hydroxylation is 1. The summed E-state index contributed by atoms with van der Waals surface area (Å²) in [5, 5.41) is 37.4. The maximum absolute atomic E-state index is 14.3. The number of benzene rings is 2. The van der Waals surface area contributed by atoms with E-state index in [1.54, 1.807) is 41.9 Å². The monoisotopic (exact) mass is 896 g/mol. The molecule has 0 spiro atoms. The second kappa shape index (κ2) is 17.1. The Morgan fingerprint density at radius 3 is 2.45 bits per heavy atom. The highest BCUT2D eigenvalue weighted by molar-refractivity contribution is 7.13. The van der Waals surface area contributed by atoms with Gasteiger partial charge < -0.3 is 34.4 Å². The van der Waals surface area contributed by atoms with Crippen molar-refractivity contribution >= 4 is 40.1 Å². The first kappa shape index (κ1) is 42.4. The van der Waals surface area contributed by atoms with E-state index in [9.17, 15) is 24.2 Å². The predicted octanol–water partition coefficient (Wildman–Crippen LogP) is 7.73. The first-order chi connectivity index (χ1) is 31.4. The number of hydrogen-bond acceptors (Lipinski definition) is 13. The standard InChI is InChI=1S/C48H49FN10O5S/c1-25(2)43(47(63)58-23-33(60)16-41(58)46(62)53-26(3)28-8-10-29(11-9-28)45-27(4)52-24-65-45)42-19-36(56-64-42)31-20-50-48(51-21-31)57-15-14-30(22-57)39-18-38-40(59(39)32-12-13-32)17-37(54-55-38)34-6-5-7-35(49)44(34)61/h5-11,17-21,24-26,30,32-33,41,43,60-61H,12-16,22-23H2,1-4H3,(H,53,62)/t26-,30-,33+,41-,43+/m0/s1. The number of likely N-dealkylation sites (tertiary alicyclic amines) is 1. The number of nitrogens with zero attached hydrogens (tertiary/aromatic N) is 9. The van der Waals surface area contributed by atoms with E-state index in [-0.39, 0.29) is 42.7 Å². The zero-order chi connectivity index (χ0) is 45.1. The van der Waals surface area contributed by atoms with E-state index in [0.29, 0.717) is 46.8 Å². The highest BCUT2D eigenvalue weighted by Gasteiger charge is 2.44. The number of β-amino-alcohol motifs (C(OH)–C–C–N with tert-alkyl or cyclic N) is 1. The van der Waals surface area contributed by atoms with Gasteiger partial charge in [-0.2, -0.15) is 0 Å². The number of nitrogens with one attached hydrogen (secondary N) is 1. The number of aromatic hydroxyl groups is 1. The number of phenols is 1. The number of thiazole rings is 1. The molecule has 3 N–H and O–H groups in total. The molecule has 10 rings (SSSR count). The highest BCUT2D eigenvalue weighted by atomic mass is 32.1. The summed E-state index contributed by atoms with van der Waals surface area (Å²) < 4.78 is 22.4. The van der Waals surface area contributed by atoms with Crippen LogP contribution in [0.4, 0.5) is 10.3 Å². The van der Waals surface area contributed by atoms with Crippen molar-refractivity contribution in [1.82, 2.24) is 45.1 Å². The van der Waals surface area contributed by atoms with Gasteiger partial charge in [0.15, 0.2) is 11.6 Å². The molecular weight excluding hydrogens is 848 g/mol. The van der Waals surface area contributed by atoms with E-state index >= 15 is 0 Å². The van der Waals surface area contributed by atoms with Crippen LogP contribution in [-0.2, 0) is 9.59 Å². The number of para-hydroxylation sites is 1. The largest absolute Gasteiger partial charge is 0.504 e. The molecule has 3 fully saturated rings. The molecule has 1 aliphatic carbocycles. The Morgan fingerprint density at radius 1 is 0.938 bits per heavy atom. The summed E-state index contributed by atoms with van der Waals surface area (Å²) in [6.07, 6.45) is 5.69. The molecule has 2 amide bonds. The Bertz CT molecular complexity index is 2890. The minimum Gasteiger partial charge on any atom is -0.504 e. The van der Waals surface area contributed by atoms with Gasteiger partial charge in [0.25, 0.3) is 0 Å². The molecule has 17 heteroatoms. The molecule has 15 nitrogen and oxygen atoms in total. The third-order valence-electron chi connectivity index (χ3n) is 13.0. The number of hydrogen-bond donors (Lipinski definition) is 3. The molecular formula is C48H49FN10O5S. The minimum absolute atomic E-state index is 0.0326. The maximum atomic E-state index is 14.3. The van der Waals surface area contributed by atoms with Crippen molar-refractivity contribution in [3.63, 3.8) is 0 Å². The van der Waals surface area contributed by atoms with Crippen LogP contribution in [0.3, 0.4) is 0 Å². The number of aliphatic hydroxyl groups is 1. The van der Waals surface area contributed by atoms with Crippen molar-refractivity contribution in [1.29, 1.82) is 0 Å². The molecule has 0 radical (unpaired) electrons. The van der Waals surface area contributed by atoms with E-state index < -0.39 is 29.6 Å². The molecule has 7 heterocycles. The fourth-order valence-electron chi connectivity index (χ4n) is 9.43. The fourth-order valence-corrected chi connectivity index (χ4v) is 10.2. The number of aliphatic hydroxyl groups excluding tert-OH is 1. The van der Waals surface area contributed by atoms with Gasteiger partial charge in [0, 0.05) is 73.3 Å². The summed E-state index contributed by atoms with van der Waals surface area (Å²) in [6.45, 7) is 9.20. The maximum Gasteiger partial charge on any atom is 0.243 e. The lowest BCUT2D eigenvalue weighted by atomic mass is 9.91. The van der Waals surface area contributed by atoms with Gasteiger partial charge in [-0.05, 0) is 74.4 Å². The SMILES string of the molecule is Cc1ncsc1-c1ccc([C@H](C)NC(=O)[C@@H]2C[C@@H](O)CN2C(=O)[C@@H](c2cc(-c3cnc(N4CC[C@H](c5cc6nnc(-c7cccc(F)c7O)cc6n5C5CC5)C4)nc3)no2)C(C)C)cc1. The lowest BCUT2D eigenvalue weighted by molar-refractivity contribution is -0.141. The fraction of sp³-hybridized carbons (Fsp3) is 0.375. The van der Waals surface area contributed by atoms with Crippen molar-refractivity contribution < 1.29 is 28.7 Å². The normalized spacial score (nSPS) is 19.6. The summed E-state index contributed by atoms with van der Waals surface area (Å²) in [7, 11) is 0. The van der Waals surface area contributed by atoms with Crippen LogP contribution < -0.4 is 10.2 Å². The Morgan fingerprint density at radius 2 is 1.72 bits per heavy atom. The number of anilines is 1. The van der Waals surface area contributed by atoms with Crippen molar-refractivity contribution in [2.24, 2.45) is 5.92 Å². The zero-order valence-electron chi connectivity index (χ0n) is 36.4. The summed E-state index contributed by atoms with van der Waals surface area (Å²) in [4.78, 5) is 46.7. The van der Waals surface area contributed by atoms with Crippen LogP contribution in [0.2, 0.25) is 0 Å². The number of rotatable bonds is 12. The highest BCUT2D eigenvalue weighted by Crippen LogP contribution is 2.44. The molecule has 5 atom stereocenters. The van der Waals surface area contributed by atoms with E-state index in [1.165, 1.54) is 11.0 Å². The molecule has 0 bridgehead atoms. The van der Waals surface area contributed by atoms with Crippen LogP contribution >= 0.6 is 11.3 Å². The summed E-state index contributed by atoms with van der Waals surface area (Å²) >= 11 is 1.58. The average molecular weight is 897 g/mol. The average Bonchev–Trinajstić information content (AvgIpc) is 3.81. The van der Waals surface area contributed by atoms with Crippen LogP contribution in [0.25, 0.3) is 44.0 Å². The molecule has 3 aliphatic rings. The summed E-state index contributed by atoms with van der Waals surface area (Å²) in [5.41, 5.74) is 9.43. The number of amides is 2. The van der Waals surface area contributed by atoms with Crippen molar-refractivity contribution in [3.8, 4) is 38.7 Å². The van der Waals surface area contributed by atoms with Crippen LogP contribution in [0, 0.1) is 18.7 Å². The third kappa shape index (κ3) is 8.11. The van der Waals surface area contributed by atoms with Gasteiger partial charge in [-0.15, -0.1) is 21.5 Å². The molecule has 1 saturated carbocycles. The number of carbonyl (C=O) groups is 2. The number of carbonyl (C=O) groups excluding carboxylic acids is 2. The van der Waals surface area contributed by atoms with Gasteiger partial charge in [0.2, 0.25) is 17.8 Å². The topological polar surface area (TPSA) is 189 Å². The Hall–Kier alpha value is -6.59. The summed E-state index contributed by atoms with van der Waals surface area (Å²) in [6, 6.07) is 17.3. The van der Waals surface area contributed by atoms with Crippen molar-refractivity contribution in [2.75, 3.05) is 24.5 Å². The van der Waals surface area contributed by atoms with Crippen LogP contribution in [0.15, 0.2) is 83.1 Å². The Balaban J connectivity index is 0.808. The minimum atomic E-state index is -0.852. The number of halogens is 1. The molecule has 2 aliphatic heterocycles. The van der Waals surface area contributed by atoms with Gasteiger partial charge in [-0.3, -0.25) is 9.59 Å². The first-order valence-electron chi connectivity index (χ1n) is 22.1. The smallest absolute Gasteiger partial charge is 0.243 e. The molecule has 0 unspecified atom stereocenters. The van der Waals surface area contributed by atoms with E-state index in [0.717, 1.165) is 64.2 Å². The van der Waals surface area contributed by atoms with Gasteiger partial charge in [0.05, 0.1) is 39.4 Å². The second-order valence-electron chi connectivity index (χ2n) is 17.9. The van der Waals surface area contributed by atoms with Gasteiger partial charge in [0.1, 0.15) is 28.9 Å². The molecule has 7 aromatic rings. The third-order valence-corrected chi connectivity index (χ3v) is 14.0. The molecule has 5 aromatic heterocycles. The quantitative estimate of drug-likeness (QED) is 0.109. The molecule has 2 saturated heterocycles. The number of phenolic OH excluding ortho intramolecular Hbond substituents is 1.